The standard InChI is InChI=1S/C14H14O.C10H12O.C10H14O/c15-14(13-9-5-2-6-10-13)11-12-7-3-1-4-8-12;11-10(7-4-8-10)9-5-2-1-3-6-9;1-10(2,8-11)9-6-4-3-5-7-9/h1-10,14-15H,11H2;1-3,5-6,11H,4,7-8H2;3-7,11H,8H2,1-2H3. The van der Waals surface area contributed by atoms with Crippen molar-refractivity contribution in [1.82, 2.24) is 0 Å². The summed E-state index contributed by atoms with van der Waals surface area (Å²) in [6, 6.07) is 39.8. The average molecular weight is 497 g/mol. The molecule has 0 bridgehead atoms. The third-order valence-electron chi connectivity index (χ3n) is 6.90. The van der Waals surface area contributed by atoms with Crippen molar-refractivity contribution < 1.29 is 15.3 Å². The van der Waals surface area contributed by atoms with Crippen LogP contribution in [0.5, 0.6) is 0 Å². The Morgan fingerprint density at radius 1 is 0.703 bits per heavy atom. The lowest BCUT2D eigenvalue weighted by Gasteiger charge is -2.36. The molecule has 1 fully saturated rings. The Labute approximate surface area is 222 Å². The average Bonchev–Trinajstić information content (AvgIpc) is 2.94. The molecule has 0 amide bonds. The highest BCUT2D eigenvalue weighted by atomic mass is 16.3. The van der Waals surface area contributed by atoms with E-state index in [1.54, 1.807) is 0 Å². The second kappa shape index (κ2) is 13.9. The molecule has 1 aliphatic carbocycles. The second-order valence-corrected chi connectivity index (χ2v) is 10.3. The van der Waals surface area contributed by atoms with Crippen molar-refractivity contribution in [3.63, 3.8) is 0 Å². The van der Waals surface area contributed by atoms with Crippen LogP contribution in [0.2, 0.25) is 0 Å². The Bertz CT molecular complexity index is 1090. The number of aliphatic hydroxyl groups excluding tert-OH is 2. The lowest BCUT2D eigenvalue weighted by Crippen LogP contribution is -2.33. The molecule has 1 saturated carbocycles. The maximum atomic E-state index is 9.97. The minimum Gasteiger partial charge on any atom is -0.395 e. The minimum atomic E-state index is -0.485. The minimum absolute atomic E-state index is 0.110. The predicted molar refractivity (Wildman–Crippen MR) is 152 cm³/mol. The zero-order valence-electron chi connectivity index (χ0n) is 22.0. The molecule has 3 nitrogen and oxygen atoms in total. The first-order valence-corrected chi connectivity index (χ1v) is 13.1. The summed E-state index contributed by atoms with van der Waals surface area (Å²) in [5.74, 6) is 0. The third-order valence-corrected chi connectivity index (χ3v) is 6.90. The van der Waals surface area contributed by atoms with Gasteiger partial charge in [-0.2, -0.15) is 0 Å². The molecule has 4 aromatic carbocycles. The monoisotopic (exact) mass is 496 g/mol. The van der Waals surface area contributed by atoms with Crippen molar-refractivity contribution in [2.45, 2.75) is 56.7 Å². The van der Waals surface area contributed by atoms with E-state index in [1.165, 1.54) is 5.56 Å². The highest BCUT2D eigenvalue weighted by molar-refractivity contribution is 5.25. The molecule has 1 atom stereocenters. The molecular weight excluding hydrogens is 456 g/mol. The molecule has 194 valence electrons. The number of hydrogen-bond acceptors (Lipinski definition) is 3. The van der Waals surface area contributed by atoms with Crippen LogP contribution in [0.1, 0.15) is 61.5 Å². The van der Waals surface area contributed by atoms with Crippen LogP contribution in [-0.2, 0) is 17.4 Å². The fraction of sp³-hybridized carbons (Fsp3) is 0.294. The lowest BCUT2D eigenvalue weighted by molar-refractivity contribution is -0.0387. The molecule has 5 rings (SSSR count). The van der Waals surface area contributed by atoms with Crippen molar-refractivity contribution in [2.75, 3.05) is 6.61 Å². The summed E-state index contributed by atoms with van der Waals surface area (Å²) in [7, 11) is 0. The molecule has 1 unspecified atom stereocenters. The Balaban J connectivity index is 0.000000157. The van der Waals surface area contributed by atoms with Crippen LogP contribution >= 0.6 is 0 Å². The Morgan fingerprint density at radius 3 is 1.62 bits per heavy atom. The van der Waals surface area contributed by atoms with Gasteiger partial charge in [-0.3, -0.25) is 0 Å². The van der Waals surface area contributed by atoms with Crippen LogP contribution in [0.3, 0.4) is 0 Å². The van der Waals surface area contributed by atoms with E-state index >= 15 is 0 Å². The Hall–Kier alpha value is -3.24. The van der Waals surface area contributed by atoms with Crippen molar-refractivity contribution in [3.05, 3.63) is 144 Å². The number of aliphatic hydroxyl groups is 3. The first-order valence-electron chi connectivity index (χ1n) is 13.1. The maximum absolute atomic E-state index is 9.97. The van der Waals surface area contributed by atoms with Crippen molar-refractivity contribution in [1.29, 1.82) is 0 Å². The summed E-state index contributed by atoms with van der Waals surface area (Å²) in [4.78, 5) is 0. The first-order chi connectivity index (χ1) is 17.8. The van der Waals surface area contributed by atoms with Gasteiger partial charge in [0.15, 0.2) is 0 Å². The fourth-order valence-corrected chi connectivity index (χ4v) is 4.16. The number of hydrogen-bond donors (Lipinski definition) is 3. The molecule has 1 aliphatic rings. The van der Waals surface area contributed by atoms with Gasteiger partial charge in [0.05, 0.1) is 18.3 Å². The molecule has 0 spiro atoms. The SMILES string of the molecule is CC(C)(CO)c1ccccc1.OC(Cc1ccccc1)c1ccccc1.OC1(c2ccccc2)CCC1. The second-order valence-electron chi connectivity index (χ2n) is 10.3. The van der Waals surface area contributed by atoms with E-state index in [-0.39, 0.29) is 12.0 Å². The van der Waals surface area contributed by atoms with E-state index in [0.717, 1.165) is 36.0 Å². The van der Waals surface area contributed by atoms with Crippen LogP contribution in [0.4, 0.5) is 0 Å². The largest absolute Gasteiger partial charge is 0.395 e. The molecule has 37 heavy (non-hydrogen) atoms. The summed E-state index contributed by atoms with van der Waals surface area (Å²) < 4.78 is 0. The van der Waals surface area contributed by atoms with Gasteiger partial charge in [-0.25, -0.2) is 0 Å². The zero-order chi connectivity index (χ0) is 26.6. The molecular formula is C34H40O3. The quantitative estimate of drug-likeness (QED) is 0.270. The van der Waals surface area contributed by atoms with E-state index < -0.39 is 11.7 Å². The molecule has 0 aliphatic heterocycles. The third kappa shape index (κ3) is 8.68. The van der Waals surface area contributed by atoms with Gasteiger partial charge in [-0.05, 0) is 41.5 Å². The van der Waals surface area contributed by atoms with Crippen LogP contribution in [0, 0.1) is 0 Å². The van der Waals surface area contributed by atoms with Crippen molar-refractivity contribution in [2.24, 2.45) is 0 Å². The predicted octanol–water partition coefficient (Wildman–Crippen LogP) is 6.98. The van der Waals surface area contributed by atoms with Gasteiger partial charge in [-0.1, -0.05) is 135 Å². The van der Waals surface area contributed by atoms with Gasteiger partial charge in [-0.15, -0.1) is 0 Å². The fourth-order valence-electron chi connectivity index (χ4n) is 4.16. The molecule has 0 saturated heterocycles. The van der Waals surface area contributed by atoms with E-state index in [2.05, 4.69) is 0 Å². The summed E-state index contributed by atoms with van der Waals surface area (Å²) in [5.41, 5.74) is 3.80. The van der Waals surface area contributed by atoms with E-state index in [0.29, 0.717) is 6.42 Å². The van der Waals surface area contributed by atoms with E-state index in [4.69, 9.17) is 5.11 Å². The molecule has 4 aromatic rings. The molecule has 3 heteroatoms. The van der Waals surface area contributed by atoms with Gasteiger partial charge in [0.25, 0.3) is 0 Å². The summed E-state index contributed by atoms with van der Waals surface area (Å²) in [6.45, 7) is 4.25. The molecule has 0 aromatic heterocycles. The molecule has 0 radical (unpaired) electrons. The van der Waals surface area contributed by atoms with Crippen molar-refractivity contribution in [3.8, 4) is 0 Å². The van der Waals surface area contributed by atoms with Gasteiger partial charge in [0.2, 0.25) is 0 Å². The van der Waals surface area contributed by atoms with Gasteiger partial charge < -0.3 is 15.3 Å². The molecule has 0 heterocycles. The van der Waals surface area contributed by atoms with Crippen LogP contribution in [-0.4, -0.2) is 21.9 Å². The highest BCUT2D eigenvalue weighted by Gasteiger charge is 2.35. The summed E-state index contributed by atoms with van der Waals surface area (Å²) in [6.07, 6.45) is 3.28. The number of benzene rings is 4. The topological polar surface area (TPSA) is 60.7 Å². The van der Waals surface area contributed by atoms with Gasteiger partial charge >= 0.3 is 0 Å². The van der Waals surface area contributed by atoms with Crippen LogP contribution < -0.4 is 0 Å². The van der Waals surface area contributed by atoms with E-state index in [1.807, 2.05) is 135 Å². The number of rotatable bonds is 6. The normalized spacial score (nSPS) is 14.6. The van der Waals surface area contributed by atoms with Gasteiger partial charge in [0.1, 0.15) is 0 Å². The molecule has 3 N–H and O–H groups in total. The lowest BCUT2D eigenvalue weighted by atomic mass is 9.75. The summed E-state index contributed by atoms with van der Waals surface area (Å²) in [5, 5.41) is 28.9. The van der Waals surface area contributed by atoms with Gasteiger partial charge in [0, 0.05) is 11.8 Å². The smallest absolute Gasteiger partial charge is 0.0896 e. The highest BCUT2D eigenvalue weighted by Crippen LogP contribution is 2.40. The maximum Gasteiger partial charge on any atom is 0.0896 e. The zero-order valence-corrected chi connectivity index (χ0v) is 22.0. The van der Waals surface area contributed by atoms with E-state index in [9.17, 15) is 10.2 Å². The van der Waals surface area contributed by atoms with Crippen molar-refractivity contribution >= 4 is 0 Å². The Morgan fingerprint density at radius 2 is 1.16 bits per heavy atom. The Kier molecular flexibility index (Phi) is 10.6. The first kappa shape index (κ1) is 28.3. The summed E-state index contributed by atoms with van der Waals surface area (Å²) >= 11 is 0. The van der Waals surface area contributed by atoms with Crippen LogP contribution in [0.15, 0.2) is 121 Å². The van der Waals surface area contributed by atoms with Crippen LogP contribution in [0.25, 0.3) is 0 Å².